The summed E-state index contributed by atoms with van der Waals surface area (Å²) in [6.07, 6.45) is -4.28. The molecule has 0 aliphatic carbocycles. The van der Waals surface area contributed by atoms with Crippen LogP contribution in [0.4, 0.5) is 18.9 Å². The number of rotatable bonds is 5. The van der Waals surface area contributed by atoms with Gasteiger partial charge in [-0.05, 0) is 56.3 Å². The molecule has 1 atom stereocenters. The van der Waals surface area contributed by atoms with Crippen molar-refractivity contribution in [2.45, 2.75) is 26.1 Å². The van der Waals surface area contributed by atoms with Crippen molar-refractivity contribution in [2.24, 2.45) is 0 Å². The molecule has 0 aliphatic rings. The van der Waals surface area contributed by atoms with Gasteiger partial charge in [0, 0.05) is 11.9 Å². The zero-order valence-electron chi connectivity index (χ0n) is 16.1. The number of hydrogen-bond acceptors (Lipinski definition) is 4. The van der Waals surface area contributed by atoms with Crippen molar-refractivity contribution in [2.75, 3.05) is 5.32 Å². The lowest BCUT2D eigenvalue weighted by atomic mass is 10.1. The van der Waals surface area contributed by atoms with Crippen molar-refractivity contribution < 1.29 is 27.5 Å². The van der Waals surface area contributed by atoms with Crippen LogP contribution in [0.3, 0.4) is 0 Å². The van der Waals surface area contributed by atoms with Crippen LogP contribution in [0.5, 0.6) is 0 Å². The van der Waals surface area contributed by atoms with Gasteiger partial charge in [-0.1, -0.05) is 12.1 Å². The highest BCUT2D eigenvalue weighted by molar-refractivity contribution is 5.97. The molecule has 0 saturated heterocycles. The minimum absolute atomic E-state index is 0.193. The number of nitrogens with one attached hydrogen (secondary N) is 1. The van der Waals surface area contributed by atoms with E-state index in [1.807, 2.05) is 13.0 Å². The summed E-state index contributed by atoms with van der Waals surface area (Å²) >= 11 is 0. The van der Waals surface area contributed by atoms with E-state index in [-0.39, 0.29) is 5.56 Å². The van der Waals surface area contributed by atoms with Crippen LogP contribution in [0.1, 0.15) is 28.5 Å². The Hall–Kier alpha value is -3.62. The summed E-state index contributed by atoms with van der Waals surface area (Å²) in [7, 11) is 0. The highest BCUT2D eigenvalue weighted by Crippen LogP contribution is 2.34. The number of aromatic nitrogens is 2. The van der Waals surface area contributed by atoms with Gasteiger partial charge in [0.2, 0.25) is 0 Å². The maximum atomic E-state index is 13.0. The molecule has 0 bridgehead atoms. The van der Waals surface area contributed by atoms with Crippen LogP contribution in [0, 0.1) is 6.92 Å². The fourth-order valence-electron chi connectivity index (χ4n) is 2.73. The van der Waals surface area contributed by atoms with Crippen molar-refractivity contribution in [3.05, 3.63) is 77.6 Å². The van der Waals surface area contributed by atoms with E-state index < -0.39 is 35.4 Å². The average Bonchev–Trinajstić information content (AvgIpc) is 3.13. The predicted octanol–water partition coefficient (Wildman–Crippen LogP) is 4.38. The molecule has 0 unspecified atom stereocenters. The topological polar surface area (TPSA) is 73.2 Å². The lowest BCUT2D eigenvalue weighted by Crippen LogP contribution is -2.30. The minimum atomic E-state index is -4.63. The third kappa shape index (κ3) is 4.68. The molecule has 1 aromatic heterocycles. The summed E-state index contributed by atoms with van der Waals surface area (Å²) in [4.78, 5) is 24.5. The van der Waals surface area contributed by atoms with Gasteiger partial charge in [-0.3, -0.25) is 4.79 Å². The molecule has 1 heterocycles. The number of para-hydroxylation sites is 1. The van der Waals surface area contributed by atoms with Crippen molar-refractivity contribution >= 4 is 17.6 Å². The van der Waals surface area contributed by atoms with Crippen molar-refractivity contribution in [3.8, 4) is 5.69 Å². The Balaban J connectivity index is 1.66. The molecule has 9 heteroatoms. The number of carbonyl (C=O) groups is 2. The molecule has 3 aromatic rings. The summed E-state index contributed by atoms with van der Waals surface area (Å²) in [6, 6.07) is 12.8. The SMILES string of the molecule is Cc1ccnn1-c1ccc(C(=O)O[C@H](C)C(=O)Nc2ccccc2C(F)(F)F)cc1. The Morgan fingerprint density at radius 3 is 2.33 bits per heavy atom. The molecular weight excluding hydrogens is 399 g/mol. The maximum absolute atomic E-state index is 13.0. The monoisotopic (exact) mass is 417 g/mol. The summed E-state index contributed by atoms with van der Waals surface area (Å²) in [5, 5.41) is 6.32. The number of aryl methyl sites for hydroxylation is 1. The van der Waals surface area contributed by atoms with Crippen LogP contribution in [-0.2, 0) is 15.7 Å². The Morgan fingerprint density at radius 1 is 1.07 bits per heavy atom. The highest BCUT2D eigenvalue weighted by Gasteiger charge is 2.34. The second-order valence-corrected chi connectivity index (χ2v) is 6.51. The predicted molar refractivity (Wildman–Crippen MR) is 103 cm³/mol. The van der Waals surface area contributed by atoms with Crippen LogP contribution >= 0.6 is 0 Å². The number of nitrogens with zero attached hydrogens (tertiary/aromatic N) is 2. The molecule has 6 nitrogen and oxygen atoms in total. The van der Waals surface area contributed by atoms with Gasteiger partial charge in [-0.25, -0.2) is 9.48 Å². The molecule has 0 spiro atoms. The molecule has 156 valence electrons. The van der Waals surface area contributed by atoms with E-state index in [0.717, 1.165) is 23.5 Å². The van der Waals surface area contributed by atoms with E-state index in [1.54, 1.807) is 23.0 Å². The van der Waals surface area contributed by atoms with Gasteiger partial charge in [0.25, 0.3) is 5.91 Å². The van der Waals surface area contributed by atoms with Crippen LogP contribution in [0.2, 0.25) is 0 Å². The second kappa shape index (κ2) is 8.40. The number of anilines is 1. The van der Waals surface area contributed by atoms with Gasteiger partial charge in [0.05, 0.1) is 22.5 Å². The molecule has 1 N–H and O–H groups in total. The van der Waals surface area contributed by atoms with E-state index in [0.29, 0.717) is 0 Å². The molecule has 0 radical (unpaired) electrons. The fourth-order valence-corrected chi connectivity index (χ4v) is 2.73. The normalized spacial score (nSPS) is 12.3. The number of amides is 1. The lowest BCUT2D eigenvalue weighted by molar-refractivity contribution is -0.137. The Kier molecular flexibility index (Phi) is 5.91. The molecular formula is C21H18F3N3O3. The van der Waals surface area contributed by atoms with Crippen LogP contribution in [0.15, 0.2) is 60.8 Å². The Morgan fingerprint density at radius 2 is 1.73 bits per heavy atom. The fraction of sp³-hybridized carbons (Fsp3) is 0.190. The first-order chi connectivity index (χ1) is 14.2. The minimum Gasteiger partial charge on any atom is -0.449 e. The summed E-state index contributed by atoms with van der Waals surface area (Å²) in [5.41, 5.74) is 0.454. The number of ether oxygens (including phenoxy) is 1. The summed E-state index contributed by atoms with van der Waals surface area (Å²) < 4.78 is 45.9. The largest absolute Gasteiger partial charge is 0.449 e. The standard InChI is InChI=1S/C21H18F3N3O3/c1-13-11-12-25-27(13)16-9-7-15(8-10-16)20(29)30-14(2)19(28)26-18-6-4-3-5-17(18)21(22,23)24/h3-12,14H,1-2H3,(H,26,28)/t14-/m1/s1. The number of benzene rings is 2. The maximum Gasteiger partial charge on any atom is 0.418 e. The molecule has 0 aliphatic heterocycles. The molecule has 2 aromatic carbocycles. The van der Waals surface area contributed by atoms with E-state index >= 15 is 0 Å². The Bertz CT molecular complexity index is 1060. The van der Waals surface area contributed by atoms with Gasteiger partial charge in [0.1, 0.15) is 0 Å². The van der Waals surface area contributed by atoms with Gasteiger partial charge >= 0.3 is 12.1 Å². The molecule has 30 heavy (non-hydrogen) atoms. The van der Waals surface area contributed by atoms with Gasteiger partial charge in [0.15, 0.2) is 6.10 Å². The smallest absolute Gasteiger partial charge is 0.418 e. The van der Waals surface area contributed by atoms with E-state index in [1.165, 1.54) is 31.2 Å². The number of hydrogen-bond donors (Lipinski definition) is 1. The Labute approximate surface area is 170 Å². The van der Waals surface area contributed by atoms with E-state index in [4.69, 9.17) is 4.74 Å². The molecule has 1 amide bonds. The van der Waals surface area contributed by atoms with E-state index in [9.17, 15) is 22.8 Å². The first-order valence-electron chi connectivity index (χ1n) is 8.96. The number of esters is 1. The van der Waals surface area contributed by atoms with Crippen LogP contribution in [0.25, 0.3) is 5.69 Å². The zero-order valence-corrected chi connectivity index (χ0v) is 16.1. The second-order valence-electron chi connectivity index (χ2n) is 6.51. The molecule has 0 saturated carbocycles. The summed E-state index contributed by atoms with van der Waals surface area (Å²) in [6.45, 7) is 3.16. The van der Waals surface area contributed by atoms with E-state index in [2.05, 4.69) is 10.4 Å². The lowest BCUT2D eigenvalue weighted by Gasteiger charge is -2.17. The first-order valence-corrected chi connectivity index (χ1v) is 8.96. The molecule has 0 fully saturated rings. The van der Waals surface area contributed by atoms with Crippen LogP contribution < -0.4 is 5.32 Å². The van der Waals surface area contributed by atoms with Crippen LogP contribution in [-0.4, -0.2) is 27.8 Å². The van der Waals surface area contributed by atoms with Crippen molar-refractivity contribution in [1.82, 2.24) is 9.78 Å². The van der Waals surface area contributed by atoms with Gasteiger partial charge in [-0.2, -0.15) is 18.3 Å². The summed E-state index contributed by atoms with van der Waals surface area (Å²) in [5.74, 6) is -1.64. The van der Waals surface area contributed by atoms with Gasteiger partial charge in [-0.15, -0.1) is 0 Å². The highest BCUT2D eigenvalue weighted by atomic mass is 19.4. The third-order valence-corrected chi connectivity index (χ3v) is 4.32. The van der Waals surface area contributed by atoms with Crippen molar-refractivity contribution in [1.29, 1.82) is 0 Å². The quantitative estimate of drug-likeness (QED) is 0.625. The van der Waals surface area contributed by atoms with Crippen molar-refractivity contribution in [3.63, 3.8) is 0 Å². The van der Waals surface area contributed by atoms with Gasteiger partial charge < -0.3 is 10.1 Å². The number of halogens is 3. The zero-order chi connectivity index (χ0) is 21.9. The molecule has 3 rings (SSSR count). The average molecular weight is 417 g/mol. The number of carbonyl (C=O) groups excluding carboxylic acids is 2. The third-order valence-electron chi connectivity index (χ3n) is 4.32. The number of alkyl halides is 3. The first kappa shape index (κ1) is 21.1.